The molecule has 2 unspecified atom stereocenters. The summed E-state index contributed by atoms with van der Waals surface area (Å²) in [5.74, 6) is -0.0636. The number of aliphatic hydroxyl groups is 1. The first-order chi connectivity index (χ1) is 15.4. The molecule has 1 saturated heterocycles. The van der Waals surface area contributed by atoms with Crippen LogP contribution in [0.4, 0.5) is 5.69 Å². The monoisotopic (exact) mass is 459 g/mol. The summed E-state index contributed by atoms with van der Waals surface area (Å²) in [7, 11) is 1.47. The quantitative estimate of drug-likeness (QED) is 0.338. The second-order valence-corrected chi connectivity index (χ2v) is 8.47. The van der Waals surface area contributed by atoms with Crippen LogP contribution in [0.3, 0.4) is 0 Å². The fraction of sp³-hybridized carbons (Fsp3) is 0.417. The molecule has 2 aromatic carbocycles. The number of nitrogens with two attached hydrogens (primary N) is 1. The molecule has 1 fully saturated rings. The van der Waals surface area contributed by atoms with E-state index in [2.05, 4.69) is 10.6 Å². The van der Waals surface area contributed by atoms with Crippen molar-refractivity contribution in [3.8, 4) is 5.75 Å². The number of ether oxygens (including phenoxy) is 1. The average molecular weight is 460 g/mol. The molecule has 5 N–H and O–H groups in total. The molecular formula is C24H30ClN3O4. The molecule has 172 valence electrons. The summed E-state index contributed by atoms with van der Waals surface area (Å²) >= 11 is 6.13. The number of halogens is 1. The van der Waals surface area contributed by atoms with Crippen molar-refractivity contribution in [1.29, 1.82) is 0 Å². The lowest BCUT2D eigenvalue weighted by molar-refractivity contribution is 0.0707. The number of nitrogens with one attached hydrogen (secondary N) is 2. The number of benzene rings is 2. The van der Waals surface area contributed by atoms with E-state index in [4.69, 9.17) is 22.1 Å². The zero-order valence-electron chi connectivity index (χ0n) is 18.1. The number of ketones is 1. The number of nitrogen functional groups attached to an aromatic ring is 1. The SMILES string of the molecule is COc1cc(N)c(Cl)cc1C(=O)NC(CCC(O)C(=O)c1ccccc1)C1CCNCC1. The van der Waals surface area contributed by atoms with E-state index < -0.39 is 6.10 Å². The van der Waals surface area contributed by atoms with Crippen LogP contribution in [0.1, 0.15) is 46.4 Å². The van der Waals surface area contributed by atoms with Gasteiger partial charge in [-0.3, -0.25) is 9.59 Å². The van der Waals surface area contributed by atoms with Crippen LogP contribution in [0.25, 0.3) is 0 Å². The fourth-order valence-electron chi connectivity index (χ4n) is 4.10. The summed E-state index contributed by atoms with van der Waals surface area (Å²) in [4.78, 5) is 25.6. The summed E-state index contributed by atoms with van der Waals surface area (Å²) in [6.45, 7) is 1.72. The Labute approximate surface area is 193 Å². The van der Waals surface area contributed by atoms with Crippen LogP contribution >= 0.6 is 11.6 Å². The Morgan fingerprint density at radius 2 is 1.91 bits per heavy atom. The molecule has 0 saturated carbocycles. The van der Waals surface area contributed by atoms with Gasteiger partial charge in [-0.2, -0.15) is 0 Å². The van der Waals surface area contributed by atoms with E-state index in [1.807, 2.05) is 6.07 Å². The number of methoxy groups -OCH3 is 1. The maximum Gasteiger partial charge on any atom is 0.255 e. The van der Waals surface area contributed by atoms with Gasteiger partial charge in [-0.05, 0) is 50.8 Å². The Morgan fingerprint density at radius 1 is 1.22 bits per heavy atom. The van der Waals surface area contributed by atoms with Gasteiger partial charge in [0.1, 0.15) is 11.9 Å². The second kappa shape index (κ2) is 11.3. The maximum absolute atomic E-state index is 13.1. The Kier molecular flexibility index (Phi) is 8.50. The van der Waals surface area contributed by atoms with Crippen LogP contribution in [0, 0.1) is 5.92 Å². The van der Waals surface area contributed by atoms with E-state index >= 15 is 0 Å². The highest BCUT2D eigenvalue weighted by atomic mass is 35.5. The first kappa shape index (κ1) is 24.0. The maximum atomic E-state index is 13.1. The molecule has 2 atom stereocenters. The van der Waals surface area contributed by atoms with Crippen molar-refractivity contribution in [3.05, 3.63) is 58.6 Å². The fourth-order valence-corrected chi connectivity index (χ4v) is 4.26. The van der Waals surface area contributed by atoms with E-state index in [0.29, 0.717) is 29.0 Å². The standard InChI is InChI=1S/C24H30ClN3O4/c1-32-22-14-19(26)18(25)13-17(22)24(31)28-20(15-9-11-27-12-10-15)7-8-21(29)23(30)16-5-3-2-4-6-16/h2-6,13-15,20-21,27,29H,7-12,26H2,1H3,(H,28,31). The van der Waals surface area contributed by atoms with Crippen molar-refractivity contribution in [3.63, 3.8) is 0 Å². The van der Waals surface area contributed by atoms with E-state index in [1.54, 1.807) is 24.3 Å². The van der Waals surface area contributed by atoms with Crippen molar-refractivity contribution in [2.24, 2.45) is 5.92 Å². The third-order valence-corrected chi connectivity index (χ3v) is 6.27. The Balaban J connectivity index is 1.72. The molecule has 2 aromatic rings. The molecule has 0 radical (unpaired) electrons. The minimum absolute atomic E-state index is 0.205. The number of rotatable bonds is 9. The van der Waals surface area contributed by atoms with Gasteiger partial charge < -0.3 is 26.2 Å². The Bertz CT molecular complexity index is 932. The number of Topliss-reactive ketones (excluding diaryl/α,β-unsaturated/α-hetero) is 1. The number of aliphatic hydroxyl groups excluding tert-OH is 1. The number of amides is 1. The van der Waals surface area contributed by atoms with Crippen LogP contribution < -0.4 is 21.1 Å². The Morgan fingerprint density at radius 3 is 2.56 bits per heavy atom. The van der Waals surface area contributed by atoms with Crippen LogP contribution in [-0.4, -0.2) is 49.1 Å². The zero-order chi connectivity index (χ0) is 23.1. The molecule has 0 spiro atoms. The first-order valence-electron chi connectivity index (χ1n) is 10.8. The van der Waals surface area contributed by atoms with Gasteiger partial charge in [-0.25, -0.2) is 0 Å². The third kappa shape index (κ3) is 6.00. The molecule has 1 aliphatic heterocycles. The molecule has 1 amide bonds. The molecule has 1 heterocycles. The van der Waals surface area contributed by atoms with E-state index in [9.17, 15) is 14.7 Å². The normalized spacial score (nSPS) is 16.2. The van der Waals surface area contributed by atoms with Gasteiger partial charge in [0.25, 0.3) is 5.91 Å². The summed E-state index contributed by atoms with van der Waals surface area (Å²) in [5, 5.41) is 17.2. The molecule has 0 aromatic heterocycles. The molecule has 3 rings (SSSR count). The zero-order valence-corrected chi connectivity index (χ0v) is 18.9. The minimum atomic E-state index is -1.13. The first-order valence-corrected chi connectivity index (χ1v) is 11.2. The second-order valence-electron chi connectivity index (χ2n) is 8.06. The van der Waals surface area contributed by atoms with Gasteiger partial charge in [0, 0.05) is 17.7 Å². The van der Waals surface area contributed by atoms with Crippen molar-refractivity contribution < 1.29 is 19.4 Å². The van der Waals surface area contributed by atoms with Gasteiger partial charge in [0.05, 0.1) is 23.4 Å². The summed E-state index contributed by atoms with van der Waals surface area (Å²) in [5.41, 5.74) is 6.93. The molecule has 1 aliphatic rings. The summed E-state index contributed by atoms with van der Waals surface area (Å²) in [6, 6.07) is 11.6. The molecule has 8 heteroatoms. The van der Waals surface area contributed by atoms with Gasteiger partial charge in [-0.1, -0.05) is 41.9 Å². The average Bonchev–Trinajstić information content (AvgIpc) is 2.83. The number of hydrogen-bond acceptors (Lipinski definition) is 6. The summed E-state index contributed by atoms with van der Waals surface area (Å²) in [6.07, 6.45) is 1.39. The number of hydrogen-bond donors (Lipinski definition) is 4. The van der Waals surface area contributed by atoms with Crippen molar-refractivity contribution in [2.75, 3.05) is 25.9 Å². The van der Waals surface area contributed by atoms with E-state index in [0.717, 1.165) is 25.9 Å². The highest BCUT2D eigenvalue weighted by molar-refractivity contribution is 6.33. The van der Waals surface area contributed by atoms with Gasteiger partial charge >= 0.3 is 0 Å². The predicted molar refractivity (Wildman–Crippen MR) is 125 cm³/mol. The number of carbonyl (C=O) groups excluding carboxylic acids is 2. The van der Waals surface area contributed by atoms with Crippen LogP contribution in [0.15, 0.2) is 42.5 Å². The lowest BCUT2D eigenvalue weighted by atomic mass is 9.86. The molecule has 0 aliphatic carbocycles. The lowest BCUT2D eigenvalue weighted by Gasteiger charge is -2.32. The molecule has 0 bridgehead atoms. The number of carbonyl (C=O) groups is 2. The van der Waals surface area contributed by atoms with E-state index in [1.165, 1.54) is 19.2 Å². The Hall–Kier alpha value is -2.61. The van der Waals surface area contributed by atoms with Crippen molar-refractivity contribution >= 4 is 29.0 Å². The van der Waals surface area contributed by atoms with E-state index in [-0.39, 0.29) is 35.1 Å². The van der Waals surface area contributed by atoms with Crippen LogP contribution in [0.2, 0.25) is 5.02 Å². The smallest absolute Gasteiger partial charge is 0.255 e. The minimum Gasteiger partial charge on any atom is -0.496 e. The van der Waals surface area contributed by atoms with Crippen molar-refractivity contribution in [1.82, 2.24) is 10.6 Å². The predicted octanol–water partition coefficient (Wildman–Crippen LogP) is 3.05. The van der Waals surface area contributed by atoms with Crippen LogP contribution in [0.5, 0.6) is 5.75 Å². The number of anilines is 1. The van der Waals surface area contributed by atoms with Crippen LogP contribution in [-0.2, 0) is 0 Å². The lowest BCUT2D eigenvalue weighted by Crippen LogP contribution is -2.45. The molecular weight excluding hydrogens is 430 g/mol. The largest absolute Gasteiger partial charge is 0.496 e. The van der Waals surface area contributed by atoms with Crippen molar-refractivity contribution in [2.45, 2.75) is 37.8 Å². The topological polar surface area (TPSA) is 114 Å². The number of piperidine rings is 1. The third-order valence-electron chi connectivity index (χ3n) is 5.94. The van der Waals surface area contributed by atoms with Gasteiger partial charge in [0.15, 0.2) is 5.78 Å². The van der Waals surface area contributed by atoms with Gasteiger partial charge in [0.2, 0.25) is 0 Å². The molecule has 7 nitrogen and oxygen atoms in total. The summed E-state index contributed by atoms with van der Waals surface area (Å²) < 4.78 is 5.31. The highest BCUT2D eigenvalue weighted by Crippen LogP contribution is 2.29. The van der Waals surface area contributed by atoms with Gasteiger partial charge in [-0.15, -0.1) is 0 Å². The molecule has 32 heavy (non-hydrogen) atoms. The highest BCUT2D eigenvalue weighted by Gasteiger charge is 2.28.